The van der Waals surface area contributed by atoms with Crippen LogP contribution in [0.2, 0.25) is 0 Å². The van der Waals surface area contributed by atoms with Crippen LogP contribution in [0.3, 0.4) is 0 Å². The van der Waals surface area contributed by atoms with Crippen LogP contribution in [0.5, 0.6) is 0 Å². The SMILES string of the molecule is Nc1ncnc2c1ncn2[C@@H]1O[C@H](COC(=O)CC(=CC(=O)O)C(=O)O)C(O)C1O. The molecular formula is C16H17N5O9. The Kier molecular flexibility index (Phi) is 5.91. The molecular weight excluding hydrogens is 406 g/mol. The first kappa shape index (κ1) is 21.1. The van der Waals surface area contributed by atoms with E-state index in [1.54, 1.807) is 0 Å². The number of imidazole rings is 1. The number of carboxylic acid groups (broad SMARTS) is 2. The van der Waals surface area contributed by atoms with E-state index < -0.39 is 61.0 Å². The zero-order chi connectivity index (χ0) is 22.0. The summed E-state index contributed by atoms with van der Waals surface area (Å²) >= 11 is 0. The molecule has 14 nitrogen and oxygen atoms in total. The van der Waals surface area contributed by atoms with Crippen LogP contribution >= 0.6 is 0 Å². The summed E-state index contributed by atoms with van der Waals surface area (Å²) in [5, 5.41) is 38.1. The summed E-state index contributed by atoms with van der Waals surface area (Å²) < 4.78 is 11.8. The maximum absolute atomic E-state index is 11.8. The van der Waals surface area contributed by atoms with Crippen molar-refractivity contribution in [1.82, 2.24) is 19.5 Å². The van der Waals surface area contributed by atoms with Gasteiger partial charge in [-0.3, -0.25) is 9.36 Å². The van der Waals surface area contributed by atoms with E-state index in [-0.39, 0.29) is 17.0 Å². The molecule has 1 fully saturated rings. The summed E-state index contributed by atoms with van der Waals surface area (Å²) in [5.74, 6) is -4.05. The number of nitrogen functional groups attached to an aromatic ring is 1. The second-order valence-corrected chi connectivity index (χ2v) is 6.30. The molecule has 2 aromatic heterocycles. The molecule has 2 unspecified atom stereocenters. The van der Waals surface area contributed by atoms with Gasteiger partial charge in [-0.2, -0.15) is 0 Å². The highest BCUT2D eigenvalue weighted by molar-refractivity contribution is 5.98. The maximum atomic E-state index is 11.8. The Labute approximate surface area is 167 Å². The number of ether oxygens (including phenoxy) is 2. The summed E-state index contributed by atoms with van der Waals surface area (Å²) in [5.41, 5.74) is 5.55. The number of aromatic nitrogens is 4. The molecule has 0 radical (unpaired) electrons. The first-order valence-electron chi connectivity index (χ1n) is 8.46. The highest BCUT2D eigenvalue weighted by Gasteiger charge is 2.45. The normalized spacial score (nSPS) is 24.1. The van der Waals surface area contributed by atoms with E-state index >= 15 is 0 Å². The lowest BCUT2D eigenvalue weighted by molar-refractivity contribution is -0.150. The van der Waals surface area contributed by atoms with Crippen LogP contribution in [0.25, 0.3) is 11.2 Å². The molecule has 0 spiro atoms. The van der Waals surface area contributed by atoms with Crippen LogP contribution in [-0.2, 0) is 23.9 Å². The number of nitrogens with zero attached hydrogens (tertiary/aromatic N) is 4. The van der Waals surface area contributed by atoms with Crippen LogP contribution < -0.4 is 5.73 Å². The molecule has 6 N–H and O–H groups in total. The molecule has 3 heterocycles. The number of nitrogens with two attached hydrogens (primary N) is 1. The van der Waals surface area contributed by atoms with Crippen molar-refractivity contribution in [1.29, 1.82) is 0 Å². The summed E-state index contributed by atoms with van der Waals surface area (Å²) in [4.78, 5) is 45.3. The van der Waals surface area contributed by atoms with Gasteiger partial charge < -0.3 is 35.6 Å². The number of hydrogen-bond acceptors (Lipinski definition) is 11. The fourth-order valence-corrected chi connectivity index (χ4v) is 2.87. The third-order valence-electron chi connectivity index (χ3n) is 4.31. The summed E-state index contributed by atoms with van der Waals surface area (Å²) in [6, 6.07) is 0. The number of aliphatic hydroxyl groups excluding tert-OH is 2. The molecule has 0 aliphatic carbocycles. The predicted molar refractivity (Wildman–Crippen MR) is 94.6 cm³/mol. The molecule has 1 aliphatic rings. The first-order valence-corrected chi connectivity index (χ1v) is 8.46. The van der Waals surface area contributed by atoms with E-state index in [0.717, 1.165) is 0 Å². The Morgan fingerprint density at radius 2 is 1.93 bits per heavy atom. The van der Waals surface area contributed by atoms with Crippen LogP contribution in [0.15, 0.2) is 24.3 Å². The van der Waals surface area contributed by atoms with Gasteiger partial charge in [0.15, 0.2) is 17.7 Å². The Bertz CT molecular complexity index is 1020. The second-order valence-electron chi connectivity index (χ2n) is 6.30. The van der Waals surface area contributed by atoms with Gasteiger partial charge in [0, 0.05) is 6.08 Å². The van der Waals surface area contributed by atoms with Crippen LogP contribution in [0.4, 0.5) is 5.82 Å². The van der Waals surface area contributed by atoms with E-state index in [2.05, 4.69) is 15.0 Å². The third-order valence-corrected chi connectivity index (χ3v) is 4.31. The van der Waals surface area contributed by atoms with Gasteiger partial charge in [0.1, 0.15) is 36.8 Å². The standard InChI is InChI=1S/C16H17N5O9/c17-13-10-14(19-4-18-13)21(5-20-10)15-12(26)11(25)7(30-15)3-29-9(24)2-6(16(27)28)1-8(22)23/h1,4-5,7,11-12,15,25-26H,2-3H2,(H,22,23)(H,27,28)(H2,17,18,19)/t7-,11?,12?,15-/m1/s1. The summed E-state index contributed by atoms with van der Waals surface area (Å²) in [7, 11) is 0. The molecule has 1 aliphatic heterocycles. The van der Waals surface area contributed by atoms with Crippen LogP contribution in [-0.4, -0.2) is 82.8 Å². The number of carbonyl (C=O) groups is 3. The monoisotopic (exact) mass is 423 g/mol. The highest BCUT2D eigenvalue weighted by Crippen LogP contribution is 2.32. The number of aliphatic hydroxyl groups is 2. The molecule has 14 heteroatoms. The van der Waals surface area contributed by atoms with Gasteiger partial charge in [0.25, 0.3) is 0 Å². The second kappa shape index (κ2) is 8.40. The smallest absolute Gasteiger partial charge is 0.332 e. The third kappa shape index (κ3) is 4.19. The molecule has 3 rings (SSSR count). The number of fused-ring (bicyclic) bond motifs is 1. The minimum absolute atomic E-state index is 0.112. The fraction of sp³-hybridized carbons (Fsp3) is 0.375. The van der Waals surface area contributed by atoms with Gasteiger partial charge in [-0.1, -0.05) is 0 Å². The highest BCUT2D eigenvalue weighted by atomic mass is 16.6. The number of rotatable bonds is 7. The summed E-state index contributed by atoms with van der Waals surface area (Å²) in [6.07, 6.45) is -3.10. The van der Waals surface area contributed by atoms with E-state index in [4.69, 9.17) is 25.4 Å². The lowest BCUT2D eigenvalue weighted by Crippen LogP contribution is -2.34. The molecule has 0 bridgehead atoms. The minimum atomic E-state index is -1.59. The number of carbonyl (C=O) groups excluding carboxylic acids is 1. The van der Waals surface area contributed by atoms with E-state index in [0.29, 0.717) is 6.08 Å². The average Bonchev–Trinajstić information content (AvgIpc) is 3.22. The van der Waals surface area contributed by atoms with Crippen LogP contribution in [0.1, 0.15) is 12.6 Å². The topological polar surface area (TPSA) is 220 Å². The molecule has 4 atom stereocenters. The van der Waals surface area contributed by atoms with Crippen molar-refractivity contribution < 1.29 is 44.3 Å². The molecule has 30 heavy (non-hydrogen) atoms. The number of aliphatic carboxylic acids is 2. The van der Waals surface area contributed by atoms with E-state index in [9.17, 15) is 24.6 Å². The lowest BCUT2D eigenvalue weighted by Gasteiger charge is -2.16. The van der Waals surface area contributed by atoms with Gasteiger partial charge >= 0.3 is 17.9 Å². The molecule has 0 aromatic carbocycles. The number of hydrogen-bond donors (Lipinski definition) is 5. The van der Waals surface area contributed by atoms with Crippen molar-refractivity contribution in [2.45, 2.75) is 31.0 Å². The Morgan fingerprint density at radius 1 is 1.20 bits per heavy atom. The number of carboxylic acids is 2. The van der Waals surface area contributed by atoms with E-state index in [1.807, 2.05) is 0 Å². The first-order chi connectivity index (χ1) is 14.2. The number of esters is 1. The van der Waals surface area contributed by atoms with Crippen molar-refractivity contribution in [3.05, 3.63) is 24.3 Å². The van der Waals surface area contributed by atoms with E-state index in [1.165, 1.54) is 17.2 Å². The maximum Gasteiger partial charge on any atom is 0.332 e. The molecule has 2 aromatic rings. The van der Waals surface area contributed by atoms with Crippen molar-refractivity contribution >= 4 is 34.9 Å². The van der Waals surface area contributed by atoms with Crippen LogP contribution in [0, 0.1) is 0 Å². The van der Waals surface area contributed by atoms with Crippen molar-refractivity contribution in [3.8, 4) is 0 Å². The van der Waals surface area contributed by atoms with Gasteiger partial charge in [-0.25, -0.2) is 24.5 Å². The molecule has 0 saturated carbocycles. The molecule has 1 saturated heterocycles. The van der Waals surface area contributed by atoms with Gasteiger partial charge in [-0.15, -0.1) is 0 Å². The fourth-order valence-electron chi connectivity index (χ4n) is 2.87. The zero-order valence-electron chi connectivity index (χ0n) is 15.2. The van der Waals surface area contributed by atoms with Crippen molar-refractivity contribution in [2.24, 2.45) is 0 Å². The lowest BCUT2D eigenvalue weighted by atomic mass is 10.1. The molecule has 0 amide bonds. The zero-order valence-corrected chi connectivity index (χ0v) is 15.2. The molecule has 160 valence electrons. The van der Waals surface area contributed by atoms with Gasteiger partial charge in [-0.05, 0) is 0 Å². The number of anilines is 1. The van der Waals surface area contributed by atoms with Gasteiger partial charge in [0.2, 0.25) is 0 Å². The van der Waals surface area contributed by atoms with Crippen molar-refractivity contribution in [3.63, 3.8) is 0 Å². The van der Waals surface area contributed by atoms with Crippen molar-refractivity contribution in [2.75, 3.05) is 12.3 Å². The van der Waals surface area contributed by atoms with Gasteiger partial charge in [0.05, 0.1) is 18.3 Å². The largest absolute Gasteiger partial charge is 0.478 e. The summed E-state index contributed by atoms with van der Waals surface area (Å²) in [6.45, 7) is -0.517. The minimum Gasteiger partial charge on any atom is -0.478 e. The Hall–Kier alpha value is -3.62. The Morgan fingerprint density at radius 3 is 2.60 bits per heavy atom. The average molecular weight is 423 g/mol. The Balaban J connectivity index is 1.67. The predicted octanol–water partition coefficient (Wildman–Crippen LogP) is -1.94. The quantitative estimate of drug-likeness (QED) is 0.242.